The first kappa shape index (κ1) is 22.1. The van der Waals surface area contributed by atoms with Crippen LogP contribution < -0.4 is 21.7 Å². The number of amides is 1. The zero-order chi connectivity index (χ0) is 23.5. The first-order chi connectivity index (χ1) is 15.9. The molecule has 4 aromatic rings. The van der Waals surface area contributed by atoms with Crippen molar-refractivity contribution in [1.29, 1.82) is 0 Å². The lowest BCUT2D eigenvalue weighted by atomic mass is 10.1. The maximum Gasteiger partial charge on any atom is 0.271 e. The normalized spacial score (nSPS) is 11.0. The second-order valence-electron chi connectivity index (χ2n) is 7.52. The van der Waals surface area contributed by atoms with Crippen molar-refractivity contribution in [2.45, 2.75) is 20.4 Å². The Morgan fingerprint density at radius 2 is 1.97 bits per heavy atom. The minimum atomic E-state index is -0.706. The van der Waals surface area contributed by atoms with E-state index in [1.54, 1.807) is 32.0 Å². The predicted molar refractivity (Wildman–Crippen MR) is 127 cm³/mol. The highest BCUT2D eigenvalue weighted by Gasteiger charge is 2.21. The van der Waals surface area contributed by atoms with Crippen LogP contribution >= 0.6 is 0 Å². The van der Waals surface area contributed by atoms with Gasteiger partial charge in [0.05, 0.1) is 35.5 Å². The molecule has 4 heterocycles. The minimum Gasteiger partial charge on any atom is -0.371 e. The van der Waals surface area contributed by atoms with Gasteiger partial charge in [0.25, 0.3) is 5.91 Å². The molecule has 0 unspecified atom stereocenters. The van der Waals surface area contributed by atoms with E-state index in [2.05, 4.69) is 40.9 Å². The molecule has 11 nitrogen and oxygen atoms in total. The number of imidazole rings is 1. The van der Waals surface area contributed by atoms with Crippen LogP contribution in [-0.2, 0) is 13.6 Å². The number of nitrogens with two attached hydrogens (primary N) is 1. The third-order valence-corrected chi connectivity index (χ3v) is 5.28. The Hall–Kier alpha value is -4.12. The monoisotopic (exact) mass is 446 g/mol. The second kappa shape index (κ2) is 9.17. The Balaban J connectivity index is 1.80. The van der Waals surface area contributed by atoms with Crippen molar-refractivity contribution >= 4 is 34.3 Å². The number of carbonyl (C=O) groups excluding carboxylic acids is 1. The van der Waals surface area contributed by atoms with Crippen LogP contribution in [0.25, 0.3) is 22.3 Å². The summed E-state index contributed by atoms with van der Waals surface area (Å²) in [7, 11) is 3.61. The summed E-state index contributed by atoms with van der Waals surface area (Å²) in [6, 6.07) is 1.96. The van der Waals surface area contributed by atoms with E-state index in [-0.39, 0.29) is 11.5 Å². The number of pyridine rings is 2. The Morgan fingerprint density at radius 3 is 2.70 bits per heavy atom. The Bertz CT molecular complexity index is 1330. The van der Waals surface area contributed by atoms with Gasteiger partial charge >= 0.3 is 0 Å². The predicted octanol–water partition coefficient (Wildman–Crippen LogP) is 2.12. The number of aromatic nitrogens is 6. The molecule has 11 heteroatoms. The fraction of sp³-hybridized carbons (Fsp3) is 0.273. The van der Waals surface area contributed by atoms with Crippen LogP contribution in [0.2, 0.25) is 0 Å². The summed E-state index contributed by atoms with van der Waals surface area (Å²) in [5.74, 6) is -0.0183. The molecular formula is C22H26N10O. The highest BCUT2D eigenvalue weighted by Crippen LogP contribution is 2.32. The molecule has 0 bridgehead atoms. The summed E-state index contributed by atoms with van der Waals surface area (Å²) in [5, 5.41) is 9.50. The van der Waals surface area contributed by atoms with Crippen LogP contribution in [0.1, 0.15) is 28.7 Å². The molecule has 4 rings (SSSR count). The Labute approximate surface area is 190 Å². The quantitative estimate of drug-likeness (QED) is 0.319. The summed E-state index contributed by atoms with van der Waals surface area (Å²) in [4.78, 5) is 34.7. The second-order valence-corrected chi connectivity index (χ2v) is 7.52. The van der Waals surface area contributed by atoms with E-state index in [1.807, 2.05) is 31.5 Å². The lowest BCUT2D eigenvalue weighted by molar-refractivity contribution is 0.0996. The van der Waals surface area contributed by atoms with Crippen molar-refractivity contribution in [3.63, 3.8) is 0 Å². The molecule has 1 amide bonds. The van der Waals surface area contributed by atoms with Crippen molar-refractivity contribution in [3.8, 4) is 11.3 Å². The Kier molecular flexibility index (Phi) is 6.13. The number of primary amides is 1. The molecule has 0 spiro atoms. The first-order valence-electron chi connectivity index (χ1n) is 10.5. The highest BCUT2D eigenvalue weighted by atomic mass is 16.1. The lowest BCUT2D eigenvalue weighted by Crippen LogP contribution is -2.18. The largest absolute Gasteiger partial charge is 0.371 e. The molecule has 5 N–H and O–H groups in total. The number of nitrogens with zero attached hydrogens (tertiary/aromatic N) is 6. The van der Waals surface area contributed by atoms with Crippen LogP contribution in [0.3, 0.4) is 0 Å². The van der Waals surface area contributed by atoms with Crippen LogP contribution in [0.5, 0.6) is 0 Å². The van der Waals surface area contributed by atoms with Crippen molar-refractivity contribution < 1.29 is 4.79 Å². The molecule has 170 valence electrons. The van der Waals surface area contributed by atoms with E-state index >= 15 is 0 Å². The fourth-order valence-electron chi connectivity index (χ4n) is 3.50. The minimum absolute atomic E-state index is 0.00532. The van der Waals surface area contributed by atoms with Crippen LogP contribution in [0.15, 0.2) is 31.0 Å². The van der Waals surface area contributed by atoms with Crippen molar-refractivity contribution in [2.24, 2.45) is 12.8 Å². The summed E-state index contributed by atoms with van der Waals surface area (Å²) in [6.07, 6.45) is 6.75. The molecule has 4 aromatic heterocycles. The van der Waals surface area contributed by atoms with Gasteiger partial charge in [-0.2, -0.15) is 0 Å². The maximum absolute atomic E-state index is 12.3. The summed E-state index contributed by atoms with van der Waals surface area (Å²) in [5.41, 5.74) is 10.9. The maximum atomic E-state index is 12.3. The number of carbonyl (C=O) groups is 1. The number of anilines is 3. The van der Waals surface area contributed by atoms with Crippen molar-refractivity contribution in [1.82, 2.24) is 34.8 Å². The van der Waals surface area contributed by atoms with E-state index in [4.69, 9.17) is 5.73 Å². The molecule has 0 radical (unpaired) electrons. The van der Waals surface area contributed by atoms with Crippen molar-refractivity contribution in [2.75, 3.05) is 24.2 Å². The molecule has 0 saturated heterocycles. The number of rotatable bonds is 8. The molecule has 0 aliphatic carbocycles. The zero-order valence-corrected chi connectivity index (χ0v) is 19.0. The van der Waals surface area contributed by atoms with Crippen molar-refractivity contribution in [3.05, 3.63) is 47.9 Å². The van der Waals surface area contributed by atoms with Gasteiger partial charge in [-0.3, -0.25) is 14.8 Å². The van der Waals surface area contributed by atoms with Gasteiger partial charge in [-0.05, 0) is 25.1 Å². The molecular weight excluding hydrogens is 420 g/mol. The lowest BCUT2D eigenvalue weighted by Gasteiger charge is -2.15. The standard InChI is InChI=1S/C22H26N10O/c1-5-25-7-13-6-14(8-27-12(13)2)29-22-19(20(23)33)30-18(21(24-3)31-22)15-9-26-10-16-17(15)28-11-32(16)4/h6,8-11,25H,5,7H2,1-4H3,(H2,23,33)(H2,24,29,31). The highest BCUT2D eigenvalue weighted by molar-refractivity contribution is 5.99. The molecule has 0 fully saturated rings. The summed E-state index contributed by atoms with van der Waals surface area (Å²) < 4.78 is 1.86. The molecule has 0 aliphatic heterocycles. The van der Waals surface area contributed by atoms with Gasteiger partial charge in [0.1, 0.15) is 11.2 Å². The SMILES string of the molecule is CCNCc1cc(Nc2nc(NC)c(-c3cncc4c3ncn4C)nc2C(N)=O)cnc1C. The van der Waals surface area contributed by atoms with Crippen LogP contribution in [0, 0.1) is 6.92 Å². The number of hydrogen-bond donors (Lipinski definition) is 4. The van der Waals surface area contributed by atoms with E-state index in [1.165, 1.54) is 0 Å². The van der Waals surface area contributed by atoms with E-state index in [0.29, 0.717) is 34.8 Å². The average Bonchev–Trinajstić information content (AvgIpc) is 3.20. The van der Waals surface area contributed by atoms with Gasteiger partial charge < -0.3 is 26.3 Å². The fourth-order valence-corrected chi connectivity index (χ4v) is 3.50. The zero-order valence-electron chi connectivity index (χ0n) is 19.0. The molecule has 33 heavy (non-hydrogen) atoms. The van der Waals surface area contributed by atoms with Crippen LogP contribution in [-0.4, -0.2) is 49.0 Å². The van der Waals surface area contributed by atoms with Gasteiger partial charge in [0.2, 0.25) is 0 Å². The Morgan fingerprint density at radius 1 is 1.15 bits per heavy atom. The van der Waals surface area contributed by atoms with Crippen LogP contribution in [0.4, 0.5) is 17.3 Å². The molecule has 0 aliphatic rings. The molecule has 0 saturated carbocycles. The van der Waals surface area contributed by atoms with Gasteiger partial charge in [0.15, 0.2) is 17.3 Å². The van der Waals surface area contributed by atoms with E-state index < -0.39 is 5.91 Å². The van der Waals surface area contributed by atoms with Gasteiger partial charge in [-0.25, -0.2) is 15.0 Å². The summed E-state index contributed by atoms with van der Waals surface area (Å²) >= 11 is 0. The number of fused-ring (bicyclic) bond motifs is 1. The first-order valence-corrected chi connectivity index (χ1v) is 10.5. The average molecular weight is 447 g/mol. The molecule has 0 atom stereocenters. The summed E-state index contributed by atoms with van der Waals surface area (Å²) in [6.45, 7) is 5.52. The van der Waals surface area contributed by atoms with E-state index in [9.17, 15) is 4.79 Å². The van der Waals surface area contributed by atoms with Gasteiger partial charge in [-0.15, -0.1) is 0 Å². The smallest absolute Gasteiger partial charge is 0.271 e. The topological polar surface area (TPSA) is 149 Å². The third-order valence-electron chi connectivity index (χ3n) is 5.28. The van der Waals surface area contributed by atoms with E-state index in [0.717, 1.165) is 23.3 Å². The number of hydrogen-bond acceptors (Lipinski definition) is 9. The van der Waals surface area contributed by atoms with Gasteiger partial charge in [0, 0.05) is 32.5 Å². The molecule has 0 aromatic carbocycles. The number of nitrogens with one attached hydrogen (secondary N) is 3. The van der Waals surface area contributed by atoms with Gasteiger partial charge in [-0.1, -0.05) is 6.92 Å². The number of aryl methyl sites for hydroxylation is 2. The third kappa shape index (κ3) is 4.30.